The molecule has 0 radical (unpaired) electrons. The number of carbonyl (C=O) groups excluding carboxylic acids is 1. The standard InChI is InChI=1S/C18H19N3OS2/c1-11-10-23-16(19-11)9-21(4)18(22)15-7-5-14(6-8-15)17-12(2)20-13(3)24-17/h5-8,10H,9H2,1-4H3. The lowest BCUT2D eigenvalue weighted by atomic mass is 10.1. The SMILES string of the molecule is Cc1csc(CN(C)C(=O)c2ccc(-c3sc(C)nc3C)cc2)n1. The summed E-state index contributed by atoms with van der Waals surface area (Å²) in [6, 6.07) is 7.76. The van der Waals surface area contributed by atoms with E-state index < -0.39 is 0 Å². The molecule has 0 aliphatic carbocycles. The first-order valence-corrected chi connectivity index (χ1v) is 9.34. The van der Waals surface area contributed by atoms with Crippen LogP contribution in [0.25, 0.3) is 10.4 Å². The molecule has 0 bridgehead atoms. The molecule has 0 N–H and O–H groups in total. The van der Waals surface area contributed by atoms with Gasteiger partial charge < -0.3 is 4.90 Å². The second-order valence-corrected chi connectivity index (χ2v) is 7.91. The van der Waals surface area contributed by atoms with Gasteiger partial charge in [0.2, 0.25) is 0 Å². The molecule has 1 amide bonds. The molecule has 1 aromatic carbocycles. The molecule has 3 aromatic rings. The summed E-state index contributed by atoms with van der Waals surface area (Å²) in [7, 11) is 1.81. The number of hydrogen-bond acceptors (Lipinski definition) is 5. The van der Waals surface area contributed by atoms with Crippen LogP contribution in [0.1, 0.15) is 31.8 Å². The first kappa shape index (κ1) is 16.8. The zero-order chi connectivity index (χ0) is 17.3. The maximum absolute atomic E-state index is 12.6. The summed E-state index contributed by atoms with van der Waals surface area (Å²) < 4.78 is 0. The number of rotatable bonds is 4. The first-order valence-electron chi connectivity index (χ1n) is 7.65. The summed E-state index contributed by atoms with van der Waals surface area (Å²) in [6.07, 6.45) is 0. The van der Waals surface area contributed by atoms with Crippen molar-refractivity contribution in [3.8, 4) is 10.4 Å². The normalized spacial score (nSPS) is 10.8. The van der Waals surface area contributed by atoms with Crippen molar-refractivity contribution in [3.05, 3.63) is 56.6 Å². The van der Waals surface area contributed by atoms with Gasteiger partial charge in [-0.3, -0.25) is 4.79 Å². The van der Waals surface area contributed by atoms with Crippen LogP contribution in [-0.2, 0) is 6.54 Å². The average Bonchev–Trinajstić information content (AvgIpc) is 3.11. The Morgan fingerprint density at radius 3 is 2.38 bits per heavy atom. The third-order valence-electron chi connectivity index (χ3n) is 3.68. The molecule has 0 saturated heterocycles. The van der Waals surface area contributed by atoms with Crippen LogP contribution < -0.4 is 0 Å². The highest BCUT2D eigenvalue weighted by molar-refractivity contribution is 7.15. The van der Waals surface area contributed by atoms with E-state index >= 15 is 0 Å². The monoisotopic (exact) mass is 357 g/mol. The highest BCUT2D eigenvalue weighted by Crippen LogP contribution is 2.29. The van der Waals surface area contributed by atoms with E-state index in [-0.39, 0.29) is 5.91 Å². The molecule has 0 aliphatic heterocycles. The molecule has 0 spiro atoms. The number of benzene rings is 1. The number of thiazole rings is 2. The minimum atomic E-state index is 0.00612. The summed E-state index contributed by atoms with van der Waals surface area (Å²) in [5.41, 5.74) is 3.82. The van der Waals surface area contributed by atoms with E-state index in [1.165, 1.54) is 0 Å². The Kier molecular flexibility index (Phi) is 4.78. The predicted octanol–water partition coefficient (Wildman–Crippen LogP) is 4.46. The van der Waals surface area contributed by atoms with E-state index in [0.29, 0.717) is 12.1 Å². The molecular formula is C18H19N3OS2. The van der Waals surface area contributed by atoms with Crippen LogP contribution in [0.4, 0.5) is 0 Å². The molecule has 4 nitrogen and oxygen atoms in total. The molecule has 0 aliphatic rings. The van der Waals surface area contributed by atoms with Crippen molar-refractivity contribution >= 4 is 28.6 Å². The van der Waals surface area contributed by atoms with E-state index in [1.807, 2.05) is 57.5 Å². The van der Waals surface area contributed by atoms with Crippen LogP contribution in [0, 0.1) is 20.8 Å². The van der Waals surface area contributed by atoms with Gasteiger partial charge in [0.1, 0.15) is 5.01 Å². The van der Waals surface area contributed by atoms with Gasteiger partial charge in [-0.1, -0.05) is 12.1 Å². The predicted molar refractivity (Wildman–Crippen MR) is 99.7 cm³/mol. The number of aryl methyl sites for hydroxylation is 3. The number of nitrogens with zero attached hydrogens (tertiary/aromatic N) is 3. The van der Waals surface area contributed by atoms with E-state index in [1.54, 1.807) is 27.6 Å². The summed E-state index contributed by atoms with van der Waals surface area (Å²) in [4.78, 5) is 24.3. The number of carbonyl (C=O) groups is 1. The summed E-state index contributed by atoms with van der Waals surface area (Å²) in [6.45, 7) is 6.52. The fraction of sp³-hybridized carbons (Fsp3) is 0.278. The van der Waals surface area contributed by atoms with Gasteiger partial charge in [-0.05, 0) is 38.5 Å². The zero-order valence-corrected chi connectivity index (χ0v) is 15.8. The van der Waals surface area contributed by atoms with Crippen LogP contribution in [0.5, 0.6) is 0 Å². The lowest BCUT2D eigenvalue weighted by Crippen LogP contribution is -2.26. The van der Waals surface area contributed by atoms with Gasteiger partial charge in [-0.2, -0.15) is 0 Å². The minimum Gasteiger partial charge on any atom is -0.335 e. The van der Waals surface area contributed by atoms with E-state index in [9.17, 15) is 4.79 Å². The van der Waals surface area contributed by atoms with Gasteiger partial charge in [0.05, 0.1) is 22.1 Å². The van der Waals surface area contributed by atoms with Crippen molar-refractivity contribution in [2.45, 2.75) is 27.3 Å². The molecule has 2 aromatic heterocycles. The Balaban J connectivity index is 1.75. The molecule has 24 heavy (non-hydrogen) atoms. The van der Waals surface area contributed by atoms with Crippen LogP contribution in [0.2, 0.25) is 0 Å². The third kappa shape index (κ3) is 3.55. The quantitative estimate of drug-likeness (QED) is 0.692. The number of aromatic nitrogens is 2. The largest absolute Gasteiger partial charge is 0.335 e. The Bertz CT molecular complexity index is 865. The van der Waals surface area contributed by atoms with Crippen molar-refractivity contribution in [3.63, 3.8) is 0 Å². The fourth-order valence-corrected chi connectivity index (χ4v) is 4.28. The minimum absolute atomic E-state index is 0.00612. The lowest BCUT2D eigenvalue weighted by molar-refractivity contribution is 0.0785. The van der Waals surface area contributed by atoms with Crippen LogP contribution >= 0.6 is 22.7 Å². The van der Waals surface area contributed by atoms with Gasteiger partial charge in [-0.25, -0.2) is 9.97 Å². The summed E-state index contributed by atoms with van der Waals surface area (Å²) >= 11 is 3.26. The summed E-state index contributed by atoms with van der Waals surface area (Å²) in [5, 5.41) is 4.01. The fourth-order valence-electron chi connectivity index (χ4n) is 2.53. The molecule has 6 heteroatoms. The molecule has 2 heterocycles. The van der Waals surface area contributed by atoms with E-state index in [2.05, 4.69) is 9.97 Å². The van der Waals surface area contributed by atoms with Crippen molar-refractivity contribution in [1.82, 2.24) is 14.9 Å². The summed E-state index contributed by atoms with van der Waals surface area (Å²) in [5.74, 6) is 0.00612. The molecular weight excluding hydrogens is 338 g/mol. The lowest BCUT2D eigenvalue weighted by Gasteiger charge is -2.15. The van der Waals surface area contributed by atoms with Crippen molar-refractivity contribution in [2.24, 2.45) is 0 Å². The van der Waals surface area contributed by atoms with Crippen LogP contribution in [0.3, 0.4) is 0 Å². The van der Waals surface area contributed by atoms with Crippen molar-refractivity contribution in [1.29, 1.82) is 0 Å². The van der Waals surface area contributed by atoms with Crippen molar-refractivity contribution < 1.29 is 4.79 Å². The zero-order valence-electron chi connectivity index (χ0n) is 14.2. The van der Waals surface area contributed by atoms with E-state index in [4.69, 9.17) is 0 Å². The van der Waals surface area contributed by atoms with Gasteiger partial charge >= 0.3 is 0 Å². The maximum atomic E-state index is 12.6. The Morgan fingerprint density at radius 2 is 1.83 bits per heavy atom. The molecule has 3 rings (SSSR count). The highest BCUT2D eigenvalue weighted by atomic mass is 32.1. The third-order valence-corrected chi connectivity index (χ3v) is 5.76. The highest BCUT2D eigenvalue weighted by Gasteiger charge is 2.14. The second-order valence-electron chi connectivity index (χ2n) is 5.77. The molecule has 0 fully saturated rings. The smallest absolute Gasteiger partial charge is 0.253 e. The van der Waals surface area contributed by atoms with Gasteiger partial charge in [0, 0.05) is 23.7 Å². The molecule has 124 valence electrons. The first-order chi connectivity index (χ1) is 11.4. The average molecular weight is 358 g/mol. The van der Waals surface area contributed by atoms with Gasteiger partial charge in [0.15, 0.2) is 0 Å². The molecule has 0 saturated carbocycles. The van der Waals surface area contributed by atoms with Crippen LogP contribution in [-0.4, -0.2) is 27.8 Å². The number of hydrogen-bond donors (Lipinski definition) is 0. The second kappa shape index (κ2) is 6.83. The Hall–Kier alpha value is -2.05. The van der Waals surface area contributed by atoms with Crippen molar-refractivity contribution in [2.75, 3.05) is 7.05 Å². The van der Waals surface area contributed by atoms with E-state index in [0.717, 1.165) is 31.8 Å². The van der Waals surface area contributed by atoms with Crippen LogP contribution in [0.15, 0.2) is 29.6 Å². The Morgan fingerprint density at radius 1 is 1.12 bits per heavy atom. The maximum Gasteiger partial charge on any atom is 0.253 e. The Labute approximate surface area is 149 Å². The molecule has 0 atom stereocenters. The molecule has 0 unspecified atom stereocenters. The topological polar surface area (TPSA) is 46.1 Å². The number of amides is 1. The van der Waals surface area contributed by atoms with Gasteiger partial charge in [-0.15, -0.1) is 22.7 Å². The van der Waals surface area contributed by atoms with Gasteiger partial charge in [0.25, 0.3) is 5.91 Å².